The Kier molecular flexibility index (Phi) is 6.63. The highest BCUT2D eigenvalue weighted by Crippen LogP contribution is 2.34. The van der Waals surface area contributed by atoms with Crippen molar-refractivity contribution in [2.75, 3.05) is 23.8 Å². The van der Waals surface area contributed by atoms with Crippen molar-refractivity contribution < 1.29 is 19.7 Å². The van der Waals surface area contributed by atoms with E-state index in [2.05, 4.69) is 10.6 Å². The van der Waals surface area contributed by atoms with E-state index in [0.29, 0.717) is 10.7 Å². The highest BCUT2D eigenvalue weighted by molar-refractivity contribution is 6.30. The van der Waals surface area contributed by atoms with Crippen LogP contribution in [0, 0.1) is 20.2 Å². The molecule has 0 unspecified atom stereocenters. The number of aliphatic hydroxyl groups excluding tert-OH is 1. The molecule has 27 heavy (non-hydrogen) atoms. The Balaban J connectivity index is 2.48. The lowest BCUT2D eigenvalue weighted by Crippen LogP contribution is -2.17. The number of benzene rings is 2. The molecule has 0 aliphatic carbocycles. The molecule has 1 amide bonds. The number of hydrogen-bond donors (Lipinski definition) is 3. The zero-order valence-electron chi connectivity index (χ0n) is 13.8. The van der Waals surface area contributed by atoms with Gasteiger partial charge < -0.3 is 15.7 Å². The average Bonchev–Trinajstić information content (AvgIpc) is 2.63. The number of halogens is 1. The normalized spacial score (nSPS) is 10.3. The second-order valence-corrected chi connectivity index (χ2v) is 5.80. The third-order valence-electron chi connectivity index (χ3n) is 3.49. The summed E-state index contributed by atoms with van der Waals surface area (Å²) in [5, 5.41) is 37.0. The van der Waals surface area contributed by atoms with Gasteiger partial charge in [-0.25, -0.2) is 0 Å². The fraction of sp³-hybridized carbons (Fsp3) is 0.188. The zero-order valence-corrected chi connectivity index (χ0v) is 14.6. The molecule has 0 fully saturated rings. The van der Waals surface area contributed by atoms with Gasteiger partial charge in [0.1, 0.15) is 5.69 Å². The molecule has 0 spiro atoms. The molecule has 0 saturated heterocycles. The van der Waals surface area contributed by atoms with Gasteiger partial charge in [-0.3, -0.25) is 25.0 Å². The molecular weight excluding hydrogens is 380 g/mol. The van der Waals surface area contributed by atoms with Crippen LogP contribution in [0.1, 0.15) is 16.8 Å². The lowest BCUT2D eigenvalue weighted by molar-refractivity contribution is -0.393. The number of hydrogen-bond acceptors (Lipinski definition) is 7. The molecule has 0 radical (unpaired) electrons. The molecule has 0 aliphatic heterocycles. The van der Waals surface area contributed by atoms with Gasteiger partial charge in [0.25, 0.3) is 17.3 Å². The molecule has 3 N–H and O–H groups in total. The highest BCUT2D eigenvalue weighted by Gasteiger charge is 2.27. The van der Waals surface area contributed by atoms with E-state index in [1.165, 1.54) is 24.3 Å². The second-order valence-electron chi connectivity index (χ2n) is 5.37. The van der Waals surface area contributed by atoms with Crippen LogP contribution >= 0.6 is 11.6 Å². The molecule has 0 aromatic heterocycles. The average molecular weight is 395 g/mol. The number of amides is 1. The summed E-state index contributed by atoms with van der Waals surface area (Å²) >= 11 is 5.78. The SMILES string of the molecule is O=C(Nc1ccc(Cl)cc1)c1cc([N+](=O)[O-])cc([N+](=O)[O-])c1NCCCO. The first-order chi connectivity index (χ1) is 12.8. The van der Waals surface area contributed by atoms with E-state index in [1.54, 1.807) is 0 Å². The third kappa shape index (κ3) is 5.12. The maximum atomic E-state index is 12.6. The largest absolute Gasteiger partial charge is 0.396 e. The molecule has 0 saturated carbocycles. The fourth-order valence-corrected chi connectivity index (χ4v) is 2.38. The first-order valence-corrected chi connectivity index (χ1v) is 8.09. The third-order valence-corrected chi connectivity index (χ3v) is 3.75. The monoisotopic (exact) mass is 394 g/mol. The summed E-state index contributed by atoms with van der Waals surface area (Å²) in [6.07, 6.45) is 0.270. The summed E-state index contributed by atoms with van der Waals surface area (Å²) in [6.45, 7) is -0.0313. The van der Waals surface area contributed by atoms with Crippen molar-refractivity contribution in [3.63, 3.8) is 0 Å². The molecular formula is C16H15ClN4O6. The van der Waals surface area contributed by atoms with Gasteiger partial charge in [0, 0.05) is 29.9 Å². The number of nitrogens with one attached hydrogen (secondary N) is 2. The number of anilines is 2. The minimum Gasteiger partial charge on any atom is -0.396 e. The number of non-ortho nitro benzene ring substituents is 1. The molecule has 10 nitrogen and oxygen atoms in total. The van der Waals surface area contributed by atoms with Gasteiger partial charge >= 0.3 is 0 Å². The molecule has 2 aromatic rings. The van der Waals surface area contributed by atoms with E-state index in [9.17, 15) is 25.0 Å². The minimum absolute atomic E-state index is 0.135. The zero-order chi connectivity index (χ0) is 20.0. The predicted molar refractivity (Wildman–Crippen MR) is 99.3 cm³/mol. The standard InChI is InChI=1S/C16H15ClN4O6/c17-10-2-4-11(5-3-10)19-16(23)13-8-12(20(24)25)9-14(21(26)27)15(13)18-6-1-7-22/h2-5,8-9,18,22H,1,6-7H2,(H,19,23). The molecule has 2 aromatic carbocycles. The summed E-state index contributed by atoms with van der Waals surface area (Å²) in [7, 11) is 0. The number of rotatable bonds is 8. The molecule has 142 valence electrons. The number of nitrogens with zero attached hydrogens (tertiary/aromatic N) is 2. The summed E-state index contributed by atoms with van der Waals surface area (Å²) < 4.78 is 0. The fourth-order valence-electron chi connectivity index (χ4n) is 2.25. The van der Waals surface area contributed by atoms with Crippen molar-refractivity contribution in [1.29, 1.82) is 0 Å². The van der Waals surface area contributed by atoms with Crippen molar-refractivity contribution in [2.24, 2.45) is 0 Å². The van der Waals surface area contributed by atoms with Crippen molar-refractivity contribution >= 4 is 40.3 Å². The van der Waals surface area contributed by atoms with Crippen LogP contribution in [0.15, 0.2) is 36.4 Å². The Hall–Kier alpha value is -3.24. The van der Waals surface area contributed by atoms with E-state index >= 15 is 0 Å². The number of carbonyl (C=O) groups is 1. The van der Waals surface area contributed by atoms with Crippen LogP contribution < -0.4 is 10.6 Å². The number of aliphatic hydroxyl groups is 1. The molecule has 0 aliphatic rings. The van der Waals surface area contributed by atoms with E-state index in [4.69, 9.17) is 16.7 Å². The maximum Gasteiger partial charge on any atom is 0.300 e. The van der Waals surface area contributed by atoms with Gasteiger partial charge in [0.15, 0.2) is 0 Å². The smallest absolute Gasteiger partial charge is 0.300 e. The van der Waals surface area contributed by atoms with Gasteiger partial charge in [-0.2, -0.15) is 0 Å². The molecule has 0 atom stereocenters. The van der Waals surface area contributed by atoms with Crippen molar-refractivity contribution in [2.45, 2.75) is 6.42 Å². The molecule has 11 heteroatoms. The second kappa shape index (κ2) is 8.92. The van der Waals surface area contributed by atoms with Crippen LogP contribution in [-0.2, 0) is 0 Å². The van der Waals surface area contributed by atoms with Crippen LogP contribution in [-0.4, -0.2) is 34.0 Å². The summed E-state index contributed by atoms with van der Waals surface area (Å²) in [5.74, 6) is -0.768. The number of nitro benzene ring substituents is 2. The van der Waals surface area contributed by atoms with Crippen LogP contribution in [0.5, 0.6) is 0 Å². The Bertz CT molecular complexity index is 872. The Labute approximate surface area is 158 Å². The van der Waals surface area contributed by atoms with Crippen molar-refractivity contribution in [3.05, 3.63) is 67.2 Å². The van der Waals surface area contributed by atoms with Crippen LogP contribution in [0.25, 0.3) is 0 Å². The predicted octanol–water partition coefficient (Wildman–Crippen LogP) is 3.20. The Morgan fingerprint density at radius 3 is 2.33 bits per heavy atom. The van der Waals surface area contributed by atoms with Crippen molar-refractivity contribution in [1.82, 2.24) is 0 Å². The molecule has 2 rings (SSSR count). The van der Waals surface area contributed by atoms with Gasteiger partial charge in [-0.05, 0) is 30.7 Å². The molecule has 0 heterocycles. The van der Waals surface area contributed by atoms with Gasteiger partial charge in [0.05, 0.1) is 21.5 Å². The van der Waals surface area contributed by atoms with E-state index < -0.39 is 27.1 Å². The van der Waals surface area contributed by atoms with Gasteiger partial charge in [-0.1, -0.05) is 11.6 Å². The number of nitro groups is 2. The van der Waals surface area contributed by atoms with Gasteiger partial charge in [0.2, 0.25) is 0 Å². The van der Waals surface area contributed by atoms with E-state index in [1.807, 2.05) is 0 Å². The van der Waals surface area contributed by atoms with E-state index in [0.717, 1.165) is 12.1 Å². The van der Waals surface area contributed by atoms with Crippen LogP contribution in [0.2, 0.25) is 5.02 Å². The lowest BCUT2D eigenvalue weighted by atomic mass is 10.1. The summed E-state index contributed by atoms with van der Waals surface area (Å²) in [6, 6.07) is 7.84. The Morgan fingerprint density at radius 1 is 1.11 bits per heavy atom. The first kappa shape index (κ1) is 20.1. The highest BCUT2D eigenvalue weighted by atomic mass is 35.5. The quantitative estimate of drug-likeness (QED) is 0.353. The lowest BCUT2D eigenvalue weighted by Gasteiger charge is -2.12. The van der Waals surface area contributed by atoms with Crippen LogP contribution in [0.3, 0.4) is 0 Å². The topological polar surface area (TPSA) is 148 Å². The van der Waals surface area contributed by atoms with E-state index in [-0.39, 0.29) is 30.8 Å². The summed E-state index contributed by atoms with van der Waals surface area (Å²) in [5.41, 5.74) is -1.26. The van der Waals surface area contributed by atoms with Gasteiger partial charge in [-0.15, -0.1) is 0 Å². The van der Waals surface area contributed by atoms with Crippen LogP contribution in [0.4, 0.5) is 22.7 Å². The Morgan fingerprint density at radius 2 is 1.78 bits per heavy atom. The first-order valence-electron chi connectivity index (χ1n) is 7.72. The summed E-state index contributed by atoms with van der Waals surface area (Å²) in [4.78, 5) is 33.4. The maximum absolute atomic E-state index is 12.6. The molecule has 0 bridgehead atoms. The minimum atomic E-state index is -0.816. The number of carbonyl (C=O) groups excluding carboxylic acids is 1. The van der Waals surface area contributed by atoms with Crippen molar-refractivity contribution in [3.8, 4) is 0 Å².